The van der Waals surface area contributed by atoms with Crippen LogP contribution in [0.25, 0.3) is 0 Å². The molecule has 4 nitrogen and oxygen atoms in total. The molecule has 0 bridgehead atoms. The molecule has 0 atom stereocenters. The number of nitrogens with one attached hydrogen (secondary N) is 1. The van der Waals surface area contributed by atoms with Gasteiger partial charge in [0, 0.05) is 25.6 Å². The first kappa shape index (κ1) is 19.6. The van der Waals surface area contributed by atoms with Gasteiger partial charge < -0.3 is 10.2 Å². The highest BCUT2D eigenvalue weighted by molar-refractivity contribution is 5.95. The Bertz CT molecular complexity index is 801. The highest BCUT2D eigenvalue weighted by Crippen LogP contribution is 2.24. The first-order valence-corrected chi connectivity index (χ1v) is 8.45. The molecule has 2 amide bonds. The van der Waals surface area contributed by atoms with E-state index in [0.29, 0.717) is 0 Å². The van der Waals surface area contributed by atoms with Crippen LogP contribution in [0.4, 0.5) is 20.2 Å². The zero-order valence-corrected chi connectivity index (χ0v) is 15.1. The minimum atomic E-state index is -0.840. The molecule has 0 saturated heterocycles. The summed E-state index contributed by atoms with van der Waals surface area (Å²) in [6.07, 6.45) is 0.683. The molecule has 1 N–H and O–H groups in total. The summed E-state index contributed by atoms with van der Waals surface area (Å²) in [5.74, 6) is -2.54. The van der Waals surface area contributed by atoms with Gasteiger partial charge in [-0.1, -0.05) is 31.2 Å². The molecule has 0 aliphatic rings. The van der Waals surface area contributed by atoms with Gasteiger partial charge in [0.1, 0.15) is 17.3 Å². The van der Waals surface area contributed by atoms with Gasteiger partial charge in [0.25, 0.3) is 0 Å². The Morgan fingerprint density at radius 1 is 1.08 bits per heavy atom. The van der Waals surface area contributed by atoms with Gasteiger partial charge in [0.05, 0.1) is 0 Å². The molecule has 26 heavy (non-hydrogen) atoms. The lowest BCUT2D eigenvalue weighted by molar-refractivity contribution is -0.117. The highest BCUT2D eigenvalue weighted by atomic mass is 19.1. The Balaban J connectivity index is 2.13. The first-order valence-electron chi connectivity index (χ1n) is 8.45. The van der Waals surface area contributed by atoms with Crippen LogP contribution in [0.1, 0.15) is 31.4 Å². The van der Waals surface area contributed by atoms with Gasteiger partial charge in [0.15, 0.2) is 0 Å². The van der Waals surface area contributed by atoms with E-state index in [2.05, 4.69) is 5.32 Å². The largest absolute Gasteiger partial charge is 0.326 e. The lowest BCUT2D eigenvalue weighted by Crippen LogP contribution is -2.33. The second-order valence-corrected chi connectivity index (χ2v) is 6.00. The topological polar surface area (TPSA) is 49.4 Å². The summed E-state index contributed by atoms with van der Waals surface area (Å²) in [6.45, 7) is 4.97. The van der Waals surface area contributed by atoms with Gasteiger partial charge in [-0.25, -0.2) is 8.78 Å². The van der Waals surface area contributed by atoms with Crippen LogP contribution >= 0.6 is 0 Å². The number of nitrogens with zero attached hydrogens (tertiary/aromatic N) is 1. The van der Waals surface area contributed by atoms with Gasteiger partial charge in [-0.05, 0) is 36.6 Å². The van der Waals surface area contributed by atoms with Crippen LogP contribution in [0.5, 0.6) is 0 Å². The fourth-order valence-electron chi connectivity index (χ4n) is 2.79. The molecule has 0 radical (unpaired) electrons. The van der Waals surface area contributed by atoms with Gasteiger partial charge in [0.2, 0.25) is 11.8 Å². The van der Waals surface area contributed by atoms with Crippen molar-refractivity contribution in [2.45, 2.75) is 33.6 Å². The standard InChI is InChI=1S/C20H22F2N2O2/c1-4-15-8-5-7-13(2)19(15)23-18(26)11-12-24(14(3)25)20-16(21)9-6-10-17(20)22/h5-10H,4,11-12H2,1-3H3,(H,23,26). The van der Waals surface area contributed by atoms with Gasteiger partial charge >= 0.3 is 0 Å². The Morgan fingerprint density at radius 3 is 2.27 bits per heavy atom. The van der Waals surface area contributed by atoms with Crippen LogP contribution < -0.4 is 10.2 Å². The molecule has 2 aromatic rings. The van der Waals surface area contributed by atoms with Crippen molar-refractivity contribution in [3.8, 4) is 0 Å². The van der Waals surface area contributed by atoms with Crippen LogP contribution in [0.3, 0.4) is 0 Å². The van der Waals surface area contributed by atoms with Crippen molar-refractivity contribution in [2.75, 3.05) is 16.8 Å². The van der Waals surface area contributed by atoms with E-state index < -0.39 is 23.2 Å². The highest BCUT2D eigenvalue weighted by Gasteiger charge is 2.21. The molecule has 6 heteroatoms. The van der Waals surface area contributed by atoms with Crippen molar-refractivity contribution in [3.63, 3.8) is 0 Å². The van der Waals surface area contributed by atoms with E-state index in [1.807, 2.05) is 32.0 Å². The minimum Gasteiger partial charge on any atom is -0.326 e. The summed E-state index contributed by atoms with van der Waals surface area (Å²) in [4.78, 5) is 25.1. The fourth-order valence-corrected chi connectivity index (χ4v) is 2.79. The Morgan fingerprint density at radius 2 is 1.69 bits per heavy atom. The zero-order valence-electron chi connectivity index (χ0n) is 15.1. The predicted molar refractivity (Wildman–Crippen MR) is 98.2 cm³/mol. The number of benzene rings is 2. The molecule has 0 aromatic heterocycles. The molecular formula is C20H22F2N2O2. The molecule has 0 saturated carbocycles. The van der Waals surface area contributed by atoms with Crippen molar-refractivity contribution in [3.05, 3.63) is 59.2 Å². The molecular weight excluding hydrogens is 338 g/mol. The summed E-state index contributed by atoms with van der Waals surface area (Å²) >= 11 is 0. The van der Waals surface area contributed by atoms with Crippen molar-refractivity contribution in [1.82, 2.24) is 0 Å². The first-order chi connectivity index (χ1) is 12.3. The molecule has 138 valence electrons. The quantitative estimate of drug-likeness (QED) is 0.839. The molecule has 0 aliphatic carbocycles. The van der Waals surface area contributed by atoms with Crippen LogP contribution in [0.2, 0.25) is 0 Å². The number of carbonyl (C=O) groups excluding carboxylic acids is 2. The third-order valence-electron chi connectivity index (χ3n) is 4.15. The Labute approximate surface area is 151 Å². The smallest absolute Gasteiger partial charge is 0.226 e. The zero-order chi connectivity index (χ0) is 19.3. The van der Waals surface area contributed by atoms with Crippen molar-refractivity contribution in [2.24, 2.45) is 0 Å². The summed E-state index contributed by atoms with van der Waals surface area (Å²) in [6, 6.07) is 9.13. The molecule has 0 aliphatic heterocycles. The predicted octanol–water partition coefficient (Wildman–Crippen LogP) is 4.22. The van der Waals surface area contributed by atoms with Crippen molar-refractivity contribution < 1.29 is 18.4 Å². The van der Waals surface area contributed by atoms with E-state index in [4.69, 9.17) is 0 Å². The molecule has 0 unspecified atom stereocenters. The number of hydrogen-bond donors (Lipinski definition) is 1. The van der Waals surface area contributed by atoms with Gasteiger partial charge in [-0.2, -0.15) is 0 Å². The van der Waals surface area contributed by atoms with Crippen molar-refractivity contribution in [1.29, 1.82) is 0 Å². The number of halogens is 2. The van der Waals surface area contributed by atoms with E-state index in [1.165, 1.54) is 13.0 Å². The maximum atomic E-state index is 13.9. The summed E-state index contributed by atoms with van der Waals surface area (Å²) in [7, 11) is 0. The van der Waals surface area contributed by atoms with Crippen LogP contribution in [0, 0.1) is 18.6 Å². The molecule has 2 rings (SSSR count). The minimum absolute atomic E-state index is 0.0785. The Kier molecular flexibility index (Phi) is 6.44. The van der Waals surface area contributed by atoms with Gasteiger partial charge in [-0.15, -0.1) is 0 Å². The monoisotopic (exact) mass is 360 g/mol. The molecule has 0 fully saturated rings. The second-order valence-electron chi connectivity index (χ2n) is 6.00. The molecule has 2 aromatic carbocycles. The number of amides is 2. The van der Waals surface area contributed by atoms with E-state index >= 15 is 0 Å². The number of anilines is 2. The Hall–Kier alpha value is -2.76. The van der Waals surface area contributed by atoms with E-state index in [-0.39, 0.29) is 18.9 Å². The SMILES string of the molecule is CCc1cccc(C)c1NC(=O)CCN(C(C)=O)c1c(F)cccc1F. The normalized spacial score (nSPS) is 10.5. The summed E-state index contributed by atoms with van der Waals surface area (Å²) in [5, 5.41) is 2.84. The molecule has 0 heterocycles. The lowest BCUT2D eigenvalue weighted by Gasteiger charge is -2.22. The number of carbonyl (C=O) groups is 2. The third-order valence-corrected chi connectivity index (χ3v) is 4.15. The van der Waals surface area contributed by atoms with Gasteiger partial charge in [-0.3, -0.25) is 9.59 Å². The third kappa shape index (κ3) is 4.45. The van der Waals surface area contributed by atoms with E-state index in [0.717, 1.165) is 40.3 Å². The number of rotatable bonds is 6. The van der Waals surface area contributed by atoms with Crippen LogP contribution in [-0.4, -0.2) is 18.4 Å². The van der Waals surface area contributed by atoms with Crippen LogP contribution in [0.15, 0.2) is 36.4 Å². The second kappa shape index (κ2) is 8.56. The maximum Gasteiger partial charge on any atom is 0.226 e. The van der Waals surface area contributed by atoms with Crippen molar-refractivity contribution >= 4 is 23.2 Å². The number of para-hydroxylation sites is 2. The fraction of sp³-hybridized carbons (Fsp3) is 0.300. The van der Waals surface area contributed by atoms with E-state index in [1.54, 1.807) is 0 Å². The average molecular weight is 360 g/mol. The summed E-state index contributed by atoms with van der Waals surface area (Å²) < 4.78 is 27.9. The average Bonchev–Trinajstić information content (AvgIpc) is 2.58. The molecule has 0 spiro atoms. The van der Waals surface area contributed by atoms with Crippen LogP contribution in [-0.2, 0) is 16.0 Å². The number of aryl methyl sites for hydroxylation is 2. The maximum absolute atomic E-state index is 13.9. The summed E-state index contributed by atoms with van der Waals surface area (Å²) in [5.41, 5.74) is 2.24. The number of hydrogen-bond acceptors (Lipinski definition) is 2. The van der Waals surface area contributed by atoms with E-state index in [9.17, 15) is 18.4 Å². The lowest BCUT2D eigenvalue weighted by atomic mass is 10.1.